The Labute approximate surface area is 104 Å². The first-order valence-electron chi connectivity index (χ1n) is 4.59. The number of rotatable bonds is 4. The van der Waals surface area contributed by atoms with Crippen LogP contribution in [-0.2, 0) is 14.8 Å². The van der Waals surface area contributed by atoms with Crippen molar-refractivity contribution in [3.63, 3.8) is 0 Å². The Morgan fingerprint density at radius 3 is 2.65 bits per heavy atom. The molecule has 0 atom stereocenters. The molecule has 1 amide bonds. The van der Waals surface area contributed by atoms with Crippen molar-refractivity contribution in [1.82, 2.24) is 0 Å². The number of halogens is 1. The Bertz CT molecular complexity index is 530. The highest BCUT2D eigenvalue weighted by Crippen LogP contribution is 2.25. The zero-order valence-electron chi connectivity index (χ0n) is 9.03. The zero-order chi connectivity index (χ0) is 13.1. The predicted octanol–water partition coefficient (Wildman–Crippen LogP) is 0.609. The molecular formula is C9H12ClN3O3S. The van der Waals surface area contributed by atoms with Gasteiger partial charge in [-0.1, -0.05) is 11.6 Å². The van der Waals surface area contributed by atoms with Crippen molar-refractivity contribution in [2.24, 2.45) is 5.73 Å². The summed E-state index contributed by atoms with van der Waals surface area (Å²) in [5.74, 6) is -0.414. The van der Waals surface area contributed by atoms with Crippen LogP contribution in [-0.4, -0.2) is 27.1 Å². The van der Waals surface area contributed by atoms with Crippen LogP contribution in [0.2, 0.25) is 5.02 Å². The second-order valence-electron chi connectivity index (χ2n) is 3.32. The van der Waals surface area contributed by atoms with Gasteiger partial charge in [0.1, 0.15) is 0 Å². The van der Waals surface area contributed by atoms with E-state index < -0.39 is 15.9 Å². The van der Waals surface area contributed by atoms with Gasteiger partial charge in [0, 0.05) is 0 Å². The van der Waals surface area contributed by atoms with Crippen LogP contribution in [0.1, 0.15) is 0 Å². The molecule has 1 aromatic rings. The van der Waals surface area contributed by atoms with Gasteiger partial charge in [-0.15, -0.1) is 0 Å². The fourth-order valence-electron chi connectivity index (χ4n) is 1.10. The number of nitrogens with two attached hydrogens (primary N) is 1. The summed E-state index contributed by atoms with van der Waals surface area (Å²) in [5, 5.41) is 2.75. The van der Waals surface area contributed by atoms with Crippen molar-refractivity contribution < 1.29 is 13.2 Å². The van der Waals surface area contributed by atoms with Crippen molar-refractivity contribution in [3.05, 3.63) is 23.2 Å². The highest BCUT2D eigenvalue weighted by molar-refractivity contribution is 7.92. The molecule has 0 aliphatic carbocycles. The third-order valence-corrected chi connectivity index (χ3v) is 2.67. The fraction of sp³-hybridized carbons (Fsp3) is 0.222. The van der Waals surface area contributed by atoms with Crippen molar-refractivity contribution in [2.45, 2.75) is 0 Å². The summed E-state index contributed by atoms with van der Waals surface area (Å²) in [6, 6.07) is 4.37. The van der Waals surface area contributed by atoms with E-state index in [1.807, 2.05) is 0 Å². The number of nitrogens with one attached hydrogen (secondary N) is 2. The lowest BCUT2D eigenvalue weighted by Crippen LogP contribution is -2.22. The molecule has 0 fully saturated rings. The number of hydrogen-bond donors (Lipinski definition) is 3. The molecule has 0 heterocycles. The zero-order valence-corrected chi connectivity index (χ0v) is 10.6. The highest BCUT2D eigenvalue weighted by atomic mass is 35.5. The molecule has 1 aromatic carbocycles. The number of anilines is 2. The molecule has 0 saturated heterocycles. The number of sulfonamides is 1. The normalized spacial score (nSPS) is 11.0. The molecule has 17 heavy (non-hydrogen) atoms. The Morgan fingerprint density at radius 2 is 2.12 bits per heavy atom. The maximum atomic E-state index is 11.1. The predicted molar refractivity (Wildman–Crippen MR) is 67.6 cm³/mol. The molecule has 0 aromatic heterocycles. The first-order chi connectivity index (χ1) is 7.81. The number of benzene rings is 1. The largest absolute Gasteiger partial charge is 0.324 e. The van der Waals surface area contributed by atoms with E-state index >= 15 is 0 Å². The van der Waals surface area contributed by atoms with E-state index in [-0.39, 0.29) is 6.54 Å². The Balaban J connectivity index is 2.98. The van der Waals surface area contributed by atoms with E-state index in [4.69, 9.17) is 17.3 Å². The molecular weight excluding hydrogens is 266 g/mol. The number of hydrogen-bond acceptors (Lipinski definition) is 4. The maximum absolute atomic E-state index is 11.1. The van der Waals surface area contributed by atoms with Crippen molar-refractivity contribution in [1.29, 1.82) is 0 Å². The van der Waals surface area contributed by atoms with E-state index in [0.717, 1.165) is 6.26 Å². The Hall–Kier alpha value is -1.31. The lowest BCUT2D eigenvalue weighted by molar-refractivity contribution is -0.114. The Kier molecular flexibility index (Phi) is 4.33. The third kappa shape index (κ3) is 4.59. The van der Waals surface area contributed by atoms with E-state index in [1.54, 1.807) is 0 Å². The molecule has 4 N–H and O–H groups in total. The van der Waals surface area contributed by atoms with Gasteiger partial charge in [0.05, 0.1) is 29.2 Å². The van der Waals surface area contributed by atoms with Gasteiger partial charge in [0.2, 0.25) is 15.9 Å². The molecule has 0 bridgehead atoms. The average molecular weight is 278 g/mol. The van der Waals surface area contributed by atoms with E-state index in [2.05, 4.69) is 10.0 Å². The molecule has 6 nitrogen and oxygen atoms in total. The van der Waals surface area contributed by atoms with Gasteiger partial charge < -0.3 is 11.1 Å². The van der Waals surface area contributed by atoms with Crippen LogP contribution in [0.4, 0.5) is 11.4 Å². The third-order valence-electron chi connectivity index (χ3n) is 1.73. The molecule has 1 rings (SSSR count). The number of amides is 1. The second-order valence-corrected chi connectivity index (χ2v) is 5.48. The Morgan fingerprint density at radius 1 is 1.47 bits per heavy atom. The highest BCUT2D eigenvalue weighted by Gasteiger charge is 2.07. The minimum Gasteiger partial charge on any atom is -0.324 e. The van der Waals surface area contributed by atoms with Gasteiger partial charge in [0.15, 0.2) is 0 Å². The summed E-state index contributed by atoms with van der Waals surface area (Å²) in [7, 11) is -3.37. The molecule has 0 spiro atoms. The summed E-state index contributed by atoms with van der Waals surface area (Å²) in [4.78, 5) is 11.1. The van der Waals surface area contributed by atoms with Gasteiger partial charge in [-0.3, -0.25) is 9.52 Å². The summed E-state index contributed by atoms with van der Waals surface area (Å²) in [6.07, 6.45) is 1.03. The molecule has 0 aliphatic rings. The van der Waals surface area contributed by atoms with Crippen LogP contribution in [0.3, 0.4) is 0 Å². The topological polar surface area (TPSA) is 101 Å². The van der Waals surface area contributed by atoms with Gasteiger partial charge in [-0.05, 0) is 18.2 Å². The van der Waals surface area contributed by atoms with Crippen LogP contribution >= 0.6 is 11.6 Å². The maximum Gasteiger partial charge on any atom is 0.238 e. The number of carbonyl (C=O) groups is 1. The van der Waals surface area contributed by atoms with Gasteiger partial charge in [-0.25, -0.2) is 8.42 Å². The van der Waals surface area contributed by atoms with Gasteiger partial charge in [-0.2, -0.15) is 0 Å². The summed E-state index contributed by atoms with van der Waals surface area (Å²) < 4.78 is 24.3. The standard InChI is InChI=1S/C9H12ClN3O3S/c1-17(15,16)13-6-2-3-7(10)8(4-6)12-9(14)5-11/h2-4,13H,5,11H2,1H3,(H,12,14). The van der Waals surface area contributed by atoms with Gasteiger partial charge in [0.25, 0.3) is 0 Å². The lowest BCUT2D eigenvalue weighted by Gasteiger charge is -2.09. The van der Waals surface area contributed by atoms with Crippen molar-refractivity contribution >= 4 is 38.9 Å². The monoisotopic (exact) mass is 277 g/mol. The summed E-state index contributed by atoms with van der Waals surface area (Å²) in [6.45, 7) is -0.180. The molecule has 94 valence electrons. The molecule has 0 saturated carbocycles. The first kappa shape index (κ1) is 13.8. The fourth-order valence-corrected chi connectivity index (χ4v) is 1.82. The summed E-state index contributed by atoms with van der Waals surface area (Å²) in [5.41, 5.74) is 5.75. The lowest BCUT2D eigenvalue weighted by atomic mass is 10.3. The molecule has 8 heteroatoms. The first-order valence-corrected chi connectivity index (χ1v) is 6.86. The van der Waals surface area contributed by atoms with Crippen molar-refractivity contribution in [2.75, 3.05) is 22.8 Å². The van der Waals surface area contributed by atoms with Crippen LogP contribution in [0, 0.1) is 0 Å². The van der Waals surface area contributed by atoms with Crippen LogP contribution in [0.5, 0.6) is 0 Å². The average Bonchev–Trinajstić information content (AvgIpc) is 2.20. The van der Waals surface area contributed by atoms with Crippen LogP contribution in [0.25, 0.3) is 0 Å². The molecule has 0 aliphatic heterocycles. The summed E-state index contributed by atoms with van der Waals surface area (Å²) >= 11 is 5.84. The van der Waals surface area contributed by atoms with E-state index in [1.165, 1.54) is 18.2 Å². The van der Waals surface area contributed by atoms with Crippen molar-refractivity contribution in [3.8, 4) is 0 Å². The minimum absolute atomic E-state index is 0.180. The second kappa shape index (κ2) is 5.35. The smallest absolute Gasteiger partial charge is 0.238 e. The number of carbonyl (C=O) groups excluding carboxylic acids is 1. The van der Waals surface area contributed by atoms with Crippen LogP contribution in [0.15, 0.2) is 18.2 Å². The molecule has 0 radical (unpaired) electrons. The van der Waals surface area contributed by atoms with Gasteiger partial charge >= 0.3 is 0 Å². The minimum atomic E-state index is -3.37. The SMILES string of the molecule is CS(=O)(=O)Nc1ccc(Cl)c(NC(=O)CN)c1. The quantitative estimate of drug-likeness (QED) is 0.750. The van der Waals surface area contributed by atoms with Crippen LogP contribution < -0.4 is 15.8 Å². The van der Waals surface area contributed by atoms with E-state index in [0.29, 0.717) is 16.4 Å². The van der Waals surface area contributed by atoms with E-state index in [9.17, 15) is 13.2 Å². The molecule has 0 unspecified atom stereocenters.